The summed E-state index contributed by atoms with van der Waals surface area (Å²) in [6.45, 7) is 2.52. The van der Waals surface area contributed by atoms with Crippen molar-refractivity contribution in [2.45, 2.75) is 26.2 Å². The van der Waals surface area contributed by atoms with Gasteiger partial charge in [0.05, 0.1) is 12.3 Å². The monoisotopic (exact) mass is 269 g/mol. The van der Waals surface area contributed by atoms with Crippen LogP contribution in [-0.4, -0.2) is 17.5 Å². The molecule has 1 aliphatic rings. The molecule has 20 heavy (non-hydrogen) atoms. The quantitative estimate of drug-likeness (QED) is 0.501. The van der Waals surface area contributed by atoms with Gasteiger partial charge in [0.1, 0.15) is 5.75 Å². The Morgan fingerprint density at radius 3 is 2.80 bits per heavy atom. The van der Waals surface area contributed by atoms with E-state index in [9.17, 15) is 0 Å². The third-order valence-electron chi connectivity index (χ3n) is 3.89. The molecule has 3 nitrogen and oxygen atoms in total. The SMILES string of the molecule is CC(=NO)c1ccc2ccccc2c1OCCC1CC1. The number of ether oxygens (including phenoxy) is 1. The van der Waals surface area contributed by atoms with Crippen LogP contribution in [0.25, 0.3) is 10.8 Å². The summed E-state index contributed by atoms with van der Waals surface area (Å²) in [6.07, 6.45) is 3.78. The molecule has 1 N–H and O–H groups in total. The van der Waals surface area contributed by atoms with Crippen LogP contribution in [0.4, 0.5) is 0 Å². The molecule has 0 spiro atoms. The number of hydrogen-bond donors (Lipinski definition) is 1. The molecule has 104 valence electrons. The summed E-state index contributed by atoms with van der Waals surface area (Å²) >= 11 is 0. The molecule has 0 saturated heterocycles. The Labute approximate surface area is 118 Å². The summed E-state index contributed by atoms with van der Waals surface area (Å²) in [5, 5.41) is 14.6. The normalized spacial score (nSPS) is 15.6. The van der Waals surface area contributed by atoms with Gasteiger partial charge in [0.2, 0.25) is 0 Å². The van der Waals surface area contributed by atoms with E-state index in [1.165, 1.54) is 12.8 Å². The summed E-state index contributed by atoms with van der Waals surface area (Å²) in [7, 11) is 0. The molecule has 1 aliphatic carbocycles. The van der Waals surface area contributed by atoms with Gasteiger partial charge in [-0.15, -0.1) is 0 Å². The van der Waals surface area contributed by atoms with Gasteiger partial charge < -0.3 is 9.94 Å². The van der Waals surface area contributed by atoms with Gasteiger partial charge >= 0.3 is 0 Å². The van der Waals surface area contributed by atoms with Gasteiger partial charge in [-0.1, -0.05) is 48.3 Å². The summed E-state index contributed by atoms with van der Waals surface area (Å²) in [5.41, 5.74) is 1.44. The van der Waals surface area contributed by atoms with Crippen LogP contribution in [0.15, 0.2) is 41.6 Å². The molecule has 0 radical (unpaired) electrons. The highest BCUT2D eigenvalue weighted by Gasteiger charge is 2.21. The Morgan fingerprint density at radius 2 is 2.05 bits per heavy atom. The second-order valence-electron chi connectivity index (χ2n) is 5.43. The molecule has 0 unspecified atom stereocenters. The van der Waals surface area contributed by atoms with Crippen molar-refractivity contribution >= 4 is 16.5 Å². The summed E-state index contributed by atoms with van der Waals surface area (Å²) in [5.74, 6) is 1.68. The van der Waals surface area contributed by atoms with Crippen molar-refractivity contribution in [2.24, 2.45) is 11.1 Å². The standard InChI is InChI=1S/C17H19NO2/c1-12(18-19)15-9-8-14-4-2-3-5-16(14)17(15)20-11-10-13-6-7-13/h2-5,8-9,13,19H,6-7,10-11H2,1H3. The summed E-state index contributed by atoms with van der Waals surface area (Å²) in [4.78, 5) is 0. The molecular weight excluding hydrogens is 250 g/mol. The van der Waals surface area contributed by atoms with Crippen LogP contribution in [0.5, 0.6) is 5.75 Å². The highest BCUT2D eigenvalue weighted by molar-refractivity contribution is 6.06. The highest BCUT2D eigenvalue weighted by atomic mass is 16.5. The fourth-order valence-corrected chi connectivity index (χ4v) is 2.47. The zero-order valence-electron chi connectivity index (χ0n) is 11.7. The van der Waals surface area contributed by atoms with Gasteiger partial charge in [-0.3, -0.25) is 0 Å². The first-order valence-corrected chi connectivity index (χ1v) is 7.13. The Morgan fingerprint density at radius 1 is 1.25 bits per heavy atom. The molecule has 0 atom stereocenters. The Hall–Kier alpha value is -2.03. The van der Waals surface area contributed by atoms with Crippen LogP contribution in [-0.2, 0) is 0 Å². The van der Waals surface area contributed by atoms with Crippen LogP contribution in [0.1, 0.15) is 31.7 Å². The van der Waals surface area contributed by atoms with Gasteiger partial charge in [0.15, 0.2) is 0 Å². The van der Waals surface area contributed by atoms with Gasteiger partial charge in [-0.2, -0.15) is 0 Å². The maximum Gasteiger partial charge on any atom is 0.136 e. The van der Waals surface area contributed by atoms with Crippen LogP contribution in [0.2, 0.25) is 0 Å². The van der Waals surface area contributed by atoms with Gasteiger partial charge in [0.25, 0.3) is 0 Å². The molecule has 1 fully saturated rings. The average Bonchev–Trinajstić information content (AvgIpc) is 3.31. The van der Waals surface area contributed by atoms with E-state index < -0.39 is 0 Å². The van der Waals surface area contributed by atoms with Gasteiger partial charge in [0, 0.05) is 10.9 Å². The van der Waals surface area contributed by atoms with Crippen molar-refractivity contribution in [3.8, 4) is 5.75 Å². The predicted molar refractivity (Wildman–Crippen MR) is 80.8 cm³/mol. The van der Waals surface area contributed by atoms with Gasteiger partial charge in [-0.05, 0) is 30.7 Å². The van der Waals surface area contributed by atoms with Crippen LogP contribution in [0, 0.1) is 5.92 Å². The molecule has 2 aromatic rings. The van der Waals surface area contributed by atoms with E-state index in [1.54, 1.807) is 6.92 Å². The number of oxime groups is 1. The zero-order chi connectivity index (χ0) is 13.9. The van der Waals surface area contributed by atoms with E-state index in [1.807, 2.05) is 24.3 Å². The third kappa shape index (κ3) is 2.62. The molecule has 0 bridgehead atoms. The van der Waals surface area contributed by atoms with E-state index in [-0.39, 0.29) is 0 Å². The first-order valence-electron chi connectivity index (χ1n) is 7.13. The Balaban J connectivity index is 1.97. The Bertz CT molecular complexity index is 644. The average molecular weight is 269 g/mol. The summed E-state index contributed by atoms with van der Waals surface area (Å²) < 4.78 is 6.03. The molecule has 3 heteroatoms. The van der Waals surface area contributed by atoms with Crippen molar-refractivity contribution in [1.82, 2.24) is 0 Å². The molecule has 0 aromatic heterocycles. The number of fused-ring (bicyclic) bond motifs is 1. The van der Waals surface area contributed by atoms with E-state index in [0.29, 0.717) is 5.71 Å². The van der Waals surface area contributed by atoms with E-state index >= 15 is 0 Å². The second-order valence-corrected chi connectivity index (χ2v) is 5.43. The largest absolute Gasteiger partial charge is 0.492 e. The van der Waals surface area contributed by atoms with Crippen molar-refractivity contribution in [1.29, 1.82) is 0 Å². The minimum absolute atomic E-state index is 0.581. The minimum Gasteiger partial charge on any atom is -0.492 e. The van der Waals surface area contributed by atoms with Crippen molar-refractivity contribution in [2.75, 3.05) is 6.61 Å². The molecule has 0 aliphatic heterocycles. The van der Waals surface area contributed by atoms with Crippen molar-refractivity contribution < 1.29 is 9.94 Å². The smallest absolute Gasteiger partial charge is 0.136 e. The molecule has 2 aromatic carbocycles. The second kappa shape index (κ2) is 5.53. The minimum atomic E-state index is 0.581. The first kappa shape index (κ1) is 13.0. The first-order chi connectivity index (χ1) is 9.79. The lowest BCUT2D eigenvalue weighted by atomic mass is 10.0. The fraction of sp³-hybridized carbons (Fsp3) is 0.353. The molecule has 1 saturated carbocycles. The van der Waals surface area contributed by atoms with Crippen LogP contribution in [0.3, 0.4) is 0 Å². The maximum absolute atomic E-state index is 9.04. The zero-order valence-corrected chi connectivity index (χ0v) is 11.7. The number of rotatable bonds is 5. The van der Waals surface area contributed by atoms with E-state index in [4.69, 9.17) is 9.94 Å². The summed E-state index contributed by atoms with van der Waals surface area (Å²) in [6, 6.07) is 12.1. The van der Waals surface area contributed by atoms with Crippen LogP contribution < -0.4 is 4.74 Å². The Kier molecular flexibility index (Phi) is 3.59. The molecule has 0 amide bonds. The fourth-order valence-electron chi connectivity index (χ4n) is 2.47. The molecule has 3 rings (SSSR count). The highest BCUT2D eigenvalue weighted by Crippen LogP contribution is 2.34. The van der Waals surface area contributed by atoms with E-state index in [0.717, 1.165) is 41.0 Å². The number of benzene rings is 2. The van der Waals surface area contributed by atoms with E-state index in [2.05, 4.69) is 17.3 Å². The lowest BCUT2D eigenvalue weighted by molar-refractivity contribution is 0.303. The maximum atomic E-state index is 9.04. The third-order valence-corrected chi connectivity index (χ3v) is 3.89. The number of nitrogens with zero attached hydrogens (tertiary/aromatic N) is 1. The van der Waals surface area contributed by atoms with Crippen molar-refractivity contribution in [3.05, 3.63) is 42.0 Å². The molecular formula is C17H19NO2. The molecule has 0 heterocycles. The number of hydrogen-bond acceptors (Lipinski definition) is 3. The lowest BCUT2D eigenvalue weighted by Crippen LogP contribution is -2.05. The predicted octanol–water partition coefficient (Wildman–Crippen LogP) is 4.22. The lowest BCUT2D eigenvalue weighted by Gasteiger charge is -2.14. The van der Waals surface area contributed by atoms with Crippen LogP contribution >= 0.6 is 0 Å². The van der Waals surface area contributed by atoms with Gasteiger partial charge in [-0.25, -0.2) is 0 Å². The topological polar surface area (TPSA) is 41.8 Å². The van der Waals surface area contributed by atoms with Crippen molar-refractivity contribution in [3.63, 3.8) is 0 Å².